The molecule has 0 fully saturated rings. The van der Waals surface area contributed by atoms with Gasteiger partial charge in [-0.1, -0.05) is 0 Å². The van der Waals surface area contributed by atoms with Crippen molar-refractivity contribution < 1.29 is 28.4 Å². The SMILES string of the molecule is CCOc1cc(C=C(C#N)C(=O)Nc2cc([N+](=O)[O-])ccc2F)cc(Br)c1OC(C)=O. The molecule has 2 aromatic carbocycles. The molecule has 0 aliphatic rings. The molecule has 2 aromatic rings. The molecule has 0 unspecified atom stereocenters. The van der Waals surface area contributed by atoms with Gasteiger partial charge >= 0.3 is 5.97 Å². The molecule has 1 amide bonds. The summed E-state index contributed by atoms with van der Waals surface area (Å²) in [5, 5.41) is 22.4. The van der Waals surface area contributed by atoms with Gasteiger partial charge in [-0.05, 0) is 52.7 Å². The first-order valence-electron chi connectivity index (χ1n) is 8.68. The number of hydrogen-bond acceptors (Lipinski definition) is 7. The first-order chi connectivity index (χ1) is 14.7. The number of nitrogens with one attached hydrogen (secondary N) is 1. The zero-order chi connectivity index (χ0) is 23.1. The number of nitriles is 1. The Hall–Kier alpha value is -3.78. The van der Waals surface area contributed by atoms with E-state index in [1.54, 1.807) is 13.0 Å². The summed E-state index contributed by atoms with van der Waals surface area (Å²) < 4.78 is 24.8. The molecule has 31 heavy (non-hydrogen) atoms. The molecular formula is C20H15BrFN3O6. The van der Waals surface area contributed by atoms with Crippen molar-refractivity contribution in [1.29, 1.82) is 5.26 Å². The lowest BCUT2D eigenvalue weighted by atomic mass is 10.1. The summed E-state index contributed by atoms with van der Waals surface area (Å²) in [6.45, 7) is 3.20. The van der Waals surface area contributed by atoms with Crippen molar-refractivity contribution in [3.8, 4) is 17.6 Å². The fourth-order valence-electron chi connectivity index (χ4n) is 2.40. The Balaban J connectivity index is 2.40. The van der Waals surface area contributed by atoms with Crippen molar-refractivity contribution in [2.24, 2.45) is 0 Å². The number of ether oxygens (including phenoxy) is 2. The molecule has 0 saturated heterocycles. The van der Waals surface area contributed by atoms with Crippen LogP contribution in [-0.4, -0.2) is 23.4 Å². The van der Waals surface area contributed by atoms with Crippen LogP contribution in [0.25, 0.3) is 6.08 Å². The Labute approximate surface area is 184 Å². The van der Waals surface area contributed by atoms with E-state index in [-0.39, 0.29) is 18.1 Å². The number of hydrogen-bond donors (Lipinski definition) is 1. The predicted octanol–water partition coefficient (Wildman–Crippen LogP) is 4.37. The summed E-state index contributed by atoms with van der Waals surface area (Å²) in [5.74, 6) is -2.11. The first-order valence-corrected chi connectivity index (χ1v) is 9.47. The third-order valence-corrected chi connectivity index (χ3v) is 4.25. The maximum Gasteiger partial charge on any atom is 0.308 e. The van der Waals surface area contributed by atoms with Gasteiger partial charge in [-0.2, -0.15) is 5.26 Å². The molecular weight excluding hydrogens is 477 g/mol. The number of non-ortho nitro benzene ring substituents is 1. The summed E-state index contributed by atoms with van der Waals surface area (Å²) >= 11 is 3.25. The number of anilines is 1. The number of esters is 1. The zero-order valence-electron chi connectivity index (χ0n) is 16.3. The maximum absolute atomic E-state index is 13.9. The quantitative estimate of drug-likeness (QED) is 0.152. The van der Waals surface area contributed by atoms with Crippen molar-refractivity contribution in [3.05, 3.63) is 61.9 Å². The molecule has 0 bridgehead atoms. The lowest BCUT2D eigenvalue weighted by Gasteiger charge is -2.13. The van der Waals surface area contributed by atoms with Gasteiger partial charge in [0.25, 0.3) is 11.6 Å². The number of amides is 1. The number of nitro benzene ring substituents is 1. The fourth-order valence-corrected chi connectivity index (χ4v) is 2.95. The molecule has 0 heterocycles. The van der Waals surface area contributed by atoms with Gasteiger partial charge in [0, 0.05) is 19.1 Å². The summed E-state index contributed by atoms with van der Waals surface area (Å²) in [5.41, 5.74) is -0.926. The molecule has 0 saturated carbocycles. The first kappa shape index (κ1) is 23.5. The van der Waals surface area contributed by atoms with E-state index < -0.39 is 39.6 Å². The second kappa shape index (κ2) is 10.3. The summed E-state index contributed by atoms with van der Waals surface area (Å²) in [6, 6.07) is 7.26. The van der Waals surface area contributed by atoms with Crippen LogP contribution in [0.2, 0.25) is 0 Å². The van der Waals surface area contributed by atoms with Gasteiger partial charge in [0.05, 0.1) is 21.7 Å². The minimum absolute atomic E-state index is 0.133. The van der Waals surface area contributed by atoms with Crippen LogP contribution in [0.4, 0.5) is 15.8 Å². The van der Waals surface area contributed by atoms with E-state index in [4.69, 9.17) is 9.47 Å². The number of rotatable bonds is 7. The molecule has 0 aromatic heterocycles. The van der Waals surface area contributed by atoms with Crippen molar-refractivity contribution in [1.82, 2.24) is 0 Å². The standard InChI is InChI=1S/C20H15BrFN3O6/c1-3-30-18-8-12(7-15(21)19(18)31-11(2)26)6-13(10-23)20(27)24-17-9-14(25(28)29)4-5-16(17)22/h4-9H,3H2,1-2H3,(H,24,27). The van der Waals surface area contributed by atoms with E-state index in [0.29, 0.717) is 10.0 Å². The van der Waals surface area contributed by atoms with Crippen LogP contribution >= 0.6 is 15.9 Å². The van der Waals surface area contributed by atoms with Gasteiger partial charge in [-0.3, -0.25) is 19.7 Å². The molecule has 0 aliphatic heterocycles. The average molecular weight is 492 g/mol. The fraction of sp³-hybridized carbons (Fsp3) is 0.150. The summed E-state index contributed by atoms with van der Waals surface area (Å²) in [6.07, 6.45) is 1.20. The van der Waals surface area contributed by atoms with Crippen LogP contribution in [0.15, 0.2) is 40.4 Å². The minimum atomic E-state index is -0.972. The Morgan fingerprint density at radius 2 is 2.06 bits per heavy atom. The van der Waals surface area contributed by atoms with Crippen molar-refractivity contribution in [2.75, 3.05) is 11.9 Å². The molecule has 11 heteroatoms. The molecule has 160 valence electrons. The molecule has 1 N–H and O–H groups in total. The molecule has 2 rings (SSSR count). The normalized spacial score (nSPS) is 10.7. The highest BCUT2D eigenvalue weighted by Gasteiger charge is 2.18. The van der Waals surface area contributed by atoms with Crippen molar-refractivity contribution in [3.63, 3.8) is 0 Å². The average Bonchev–Trinajstić information content (AvgIpc) is 2.70. The Kier molecular flexibility index (Phi) is 7.81. The van der Waals surface area contributed by atoms with E-state index in [0.717, 1.165) is 18.2 Å². The lowest BCUT2D eigenvalue weighted by molar-refractivity contribution is -0.384. The molecule has 0 radical (unpaired) electrons. The summed E-state index contributed by atoms with van der Waals surface area (Å²) in [4.78, 5) is 33.9. The van der Waals surface area contributed by atoms with Gasteiger partial charge in [-0.15, -0.1) is 0 Å². The Morgan fingerprint density at radius 3 is 2.65 bits per heavy atom. The van der Waals surface area contributed by atoms with Gasteiger partial charge in [0.15, 0.2) is 11.5 Å². The smallest absolute Gasteiger partial charge is 0.308 e. The van der Waals surface area contributed by atoms with Crippen LogP contribution in [0.1, 0.15) is 19.4 Å². The third-order valence-electron chi connectivity index (χ3n) is 3.66. The van der Waals surface area contributed by atoms with Crippen LogP contribution in [0.3, 0.4) is 0 Å². The number of nitro groups is 1. The number of carbonyl (C=O) groups excluding carboxylic acids is 2. The monoisotopic (exact) mass is 491 g/mol. The van der Waals surface area contributed by atoms with Gasteiger partial charge in [0.2, 0.25) is 0 Å². The van der Waals surface area contributed by atoms with Crippen LogP contribution in [0.5, 0.6) is 11.5 Å². The van der Waals surface area contributed by atoms with Gasteiger partial charge < -0.3 is 14.8 Å². The largest absolute Gasteiger partial charge is 0.490 e. The Bertz CT molecular complexity index is 1130. The highest BCUT2D eigenvalue weighted by Crippen LogP contribution is 2.37. The molecule has 0 spiro atoms. The van der Waals surface area contributed by atoms with Crippen molar-refractivity contribution >= 4 is 45.3 Å². The van der Waals surface area contributed by atoms with E-state index in [1.807, 2.05) is 0 Å². The number of benzene rings is 2. The third kappa shape index (κ3) is 6.10. The minimum Gasteiger partial charge on any atom is -0.490 e. The summed E-state index contributed by atoms with van der Waals surface area (Å²) in [7, 11) is 0. The molecule has 0 aliphatic carbocycles. The topological polar surface area (TPSA) is 132 Å². The highest BCUT2D eigenvalue weighted by atomic mass is 79.9. The van der Waals surface area contributed by atoms with Crippen LogP contribution in [-0.2, 0) is 9.59 Å². The highest BCUT2D eigenvalue weighted by molar-refractivity contribution is 9.10. The lowest BCUT2D eigenvalue weighted by Crippen LogP contribution is -2.14. The van der Waals surface area contributed by atoms with Gasteiger partial charge in [0.1, 0.15) is 17.5 Å². The van der Waals surface area contributed by atoms with E-state index in [2.05, 4.69) is 21.2 Å². The maximum atomic E-state index is 13.9. The van der Waals surface area contributed by atoms with E-state index in [9.17, 15) is 29.4 Å². The van der Waals surface area contributed by atoms with Crippen LogP contribution in [0, 0.1) is 27.3 Å². The van der Waals surface area contributed by atoms with Gasteiger partial charge in [-0.25, -0.2) is 4.39 Å². The second-order valence-corrected chi connectivity index (χ2v) is 6.76. The number of nitrogens with zero attached hydrogens (tertiary/aromatic N) is 2. The second-order valence-electron chi connectivity index (χ2n) is 5.90. The van der Waals surface area contributed by atoms with Crippen LogP contribution < -0.4 is 14.8 Å². The van der Waals surface area contributed by atoms with Crippen molar-refractivity contribution in [2.45, 2.75) is 13.8 Å². The Morgan fingerprint density at radius 1 is 1.35 bits per heavy atom. The number of halogens is 2. The predicted molar refractivity (Wildman–Crippen MR) is 112 cm³/mol. The van der Waals surface area contributed by atoms with E-state index >= 15 is 0 Å². The molecule has 0 atom stereocenters. The number of carbonyl (C=O) groups is 2. The molecule has 9 nitrogen and oxygen atoms in total. The van der Waals surface area contributed by atoms with E-state index in [1.165, 1.54) is 25.1 Å². The zero-order valence-corrected chi connectivity index (χ0v) is 17.9.